The van der Waals surface area contributed by atoms with E-state index in [1.54, 1.807) is 0 Å². The Morgan fingerprint density at radius 2 is 2.19 bits per heavy atom. The molecule has 5 heteroatoms. The van der Waals surface area contributed by atoms with Crippen LogP contribution in [0.15, 0.2) is 39.4 Å². The fourth-order valence-corrected chi connectivity index (χ4v) is 3.75. The molecule has 82 valence electrons. The molecular formula is C11H12N4S. The quantitative estimate of drug-likeness (QED) is 0.763. The second-order valence-electron chi connectivity index (χ2n) is 3.68. The van der Waals surface area contributed by atoms with Crippen molar-refractivity contribution in [3.8, 4) is 0 Å². The third kappa shape index (κ3) is 1.29. The Balaban J connectivity index is 2.21. The molecule has 0 aliphatic carbocycles. The van der Waals surface area contributed by atoms with Gasteiger partial charge >= 0.3 is 0 Å². The Morgan fingerprint density at radius 3 is 3.00 bits per heavy atom. The number of nitrogens with two attached hydrogens (primary N) is 2. The van der Waals surface area contributed by atoms with E-state index in [4.69, 9.17) is 11.5 Å². The van der Waals surface area contributed by atoms with Crippen LogP contribution in [-0.2, 0) is 0 Å². The number of azo groups is 1. The summed E-state index contributed by atoms with van der Waals surface area (Å²) in [5.41, 5.74) is 14.7. The average molecular weight is 232 g/mol. The van der Waals surface area contributed by atoms with Gasteiger partial charge in [0.15, 0.2) is 0 Å². The molecule has 2 unspecified atom stereocenters. The lowest BCUT2D eigenvalue weighted by atomic mass is 10.1. The summed E-state index contributed by atoms with van der Waals surface area (Å²) in [6.07, 6.45) is 2.00. The molecule has 0 saturated carbocycles. The van der Waals surface area contributed by atoms with Crippen LogP contribution in [-0.4, -0.2) is 17.3 Å². The van der Waals surface area contributed by atoms with E-state index in [0.29, 0.717) is 6.54 Å². The van der Waals surface area contributed by atoms with Crippen molar-refractivity contribution in [2.45, 2.75) is 10.3 Å². The Labute approximate surface area is 96.0 Å². The van der Waals surface area contributed by atoms with Crippen LogP contribution in [0.25, 0.3) is 5.70 Å². The first-order valence-corrected chi connectivity index (χ1v) is 6.44. The Morgan fingerprint density at radius 1 is 1.31 bits per heavy atom. The van der Waals surface area contributed by atoms with Gasteiger partial charge in [0.1, 0.15) is 0 Å². The largest absolute Gasteiger partial charge is 0.328 e. The lowest BCUT2D eigenvalue weighted by Crippen LogP contribution is -2.28. The van der Waals surface area contributed by atoms with Gasteiger partial charge in [-0.25, -0.2) is 0 Å². The molecule has 0 fully saturated rings. The van der Waals surface area contributed by atoms with Gasteiger partial charge in [0.05, 0.1) is 16.8 Å². The van der Waals surface area contributed by atoms with E-state index in [-0.39, 0.29) is 15.9 Å². The summed E-state index contributed by atoms with van der Waals surface area (Å²) in [7, 11) is -0.124. The van der Waals surface area contributed by atoms with E-state index in [9.17, 15) is 0 Å². The third-order valence-electron chi connectivity index (χ3n) is 2.71. The van der Waals surface area contributed by atoms with E-state index in [1.165, 1.54) is 4.90 Å². The molecule has 0 aromatic heterocycles. The van der Waals surface area contributed by atoms with Gasteiger partial charge in [-0.2, -0.15) is 0 Å². The summed E-state index contributed by atoms with van der Waals surface area (Å²) in [4.78, 5) is 1.22. The maximum atomic E-state index is 6.04. The number of allylic oxidation sites excluding steroid dienone is 1. The summed E-state index contributed by atoms with van der Waals surface area (Å²) < 4.78 is 0. The molecule has 16 heavy (non-hydrogen) atoms. The van der Waals surface area contributed by atoms with Gasteiger partial charge in [-0.1, -0.05) is 6.07 Å². The third-order valence-corrected chi connectivity index (χ3v) is 4.83. The number of hydrogen-bond donors (Lipinski definition) is 2. The second kappa shape index (κ2) is 3.62. The Hall–Kier alpha value is -1.30. The number of hydrogen-bond acceptors (Lipinski definition) is 4. The predicted octanol–water partition coefficient (Wildman–Crippen LogP) is 1.81. The van der Waals surface area contributed by atoms with Gasteiger partial charge < -0.3 is 11.5 Å². The minimum Gasteiger partial charge on any atom is -0.328 e. The lowest BCUT2D eigenvalue weighted by Gasteiger charge is -2.20. The summed E-state index contributed by atoms with van der Waals surface area (Å²) in [6.45, 7) is 0.487. The van der Waals surface area contributed by atoms with Crippen molar-refractivity contribution in [3.63, 3.8) is 0 Å². The smallest absolute Gasteiger partial charge is 0.0967 e. The standard InChI is InChI=1S/C11H12N4S/c12-6-10(13)16-5-4-8-11-7(14-15-8)2-1-3-9(11)16/h1-5,10H,6,12-13H2. The molecule has 0 spiro atoms. The minimum absolute atomic E-state index is 0.0232. The summed E-state index contributed by atoms with van der Waals surface area (Å²) in [5, 5.41) is 10.4. The molecule has 0 bridgehead atoms. The molecule has 4 N–H and O–H groups in total. The van der Waals surface area contributed by atoms with Crippen LogP contribution in [0.5, 0.6) is 0 Å². The highest BCUT2D eigenvalue weighted by molar-refractivity contribution is 8.15. The highest BCUT2D eigenvalue weighted by Gasteiger charge is 2.23. The summed E-state index contributed by atoms with van der Waals surface area (Å²) >= 11 is 0. The average Bonchev–Trinajstić information content (AvgIpc) is 2.74. The zero-order valence-corrected chi connectivity index (χ0v) is 9.45. The monoisotopic (exact) mass is 232 g/mol. The van der Waals surface area contributed by atoms with Gasteiger partial charge in [0.25, 0.3) is 0 Å². The van der Waals surface area contributed by atoms with Crippen LogP contribution in [0.4, 0.5) is 5.69 Å². The molecule has 2 aliphatic heterocycles. The van der Waals surface area contributed by atoms with Crippen molar-refractivity contribution < 1.29 is 0 Å². The lowest BCUT2D eigenvalue weighted by molar-refractivity contribution is 0.910. The van der Waals surface area contributed by atoms with Gasteiger partial charge in [0, 0.05) is 17.0 Å². The van der Waals surface area contributed by atoms with E-state index < -0.39 is 0 Å². The second-order valence-corrected chi connectivity index (χ2v) is 5.75. The predicted molar refractivity (Wildman–Crippen MR) is 67.9 cm³/mol. The molecule has 2 atom stereocenters. The highest BCUT2D eigenvalue weighted by atomic mass is 32.2. The molecular weight excluding hydrogens is 220 g/mol. The molecule has 0 saturated heterocycles. The zero-order valence-electron chi connectivity index (χ0n) is 8.63. The first-order valence-electron chi connectivity index (χ1n) is 5.09. The summed E-state index contributed by atoms with van der Waals surface area (Å²) in [5.74, 6) is 0. The van der Waals surface area contributed by atoms with Gasteiger partial charge in [0.2, 0.25) is 0 Å². The van der Waals surface area contributed by atoms with E-state index in [2.05, 4.69) is 21.7 Å². The molecule has 1 aromatic rings. The van der Waals surface area contributed by atoms with E-state index >= 15 is 0 Å². The fraction of sp³-hybridized carbons (Fsp3) is 0.182. The van der Waals surface area contributed by atoms with Crippen LogP contribution in [0.1, 0.15) is 5.56 Å². The number of nitrogens with zero attached hydrogens (tertiary/aromatic N) is 2. The van der Waals surface area contributed by atoms with Crippen molar-refractivity contribution in [1.29, 1.82) is 0 Å². The van der Waals surface area contributed by atoms with Crippen LogP contribution in [0.3, 0.4) is 0 Å². The van der Waals surface area contributed by atoms with Crippen molar-refractivity contribution in [1.82, 2.24) is 0 Å². The van der Waals surface area contributed by atoms with Gasteiger partial charge in [-0.05, 0) is 23.6 Å². The molecule has 4 nitrogen and oxygen atoms in total. The van der Waals surface area contributed by atoms with Gasteiger partial charge in [-0.3, -0.25) is 0 Å². The van der Waals surface area contributed by atoms with Gasteiger partial charge in [-0.15, -0.1) is 20.7 Å². The first-order chi connectivity index (χ1) is 7.81. The minimum atomic E-state index is -0.124. The van der Waals surface area contributed by atoms with Crippen molar-refractivity contribution in [2.75, 3.05) is 6.54 Å². The topological polar surface area (TPSA) is 76.8 Å². The first kappa shape index (κ1) is 9.89. The van der Waals surface area contributed by atoms with E-state index in [1.807, 2.05) is 18.2 Å². The molecule has 2 heterocycles. The van der Waals surface area contributed by atoms with Crippen molar-refractivity contribution >= 4 is 27.2 Å². The number of rotatable bonds is 2. The summed E-state index contributed by atoms with van der Waals surface area (Å²) in [6, 6.07) is 6.07. The van der Waals surface area contributed by atoms with Crippen LogP contribution in [0.2, 0.25) is 0 Å². The van der Waals surface area contributed by atoms with Crippen molar-refractivity contribution in [2.24, 2.45) is 21.7 Å². The molecule has 0 amide bonds. The fourth-order valence-electron chi connectivity index (χ4n) is 1.91. The Kier molecular flexibility index (Phi) is 2.24. The molecule has 1 aromatic carbocycles. The maximum absolute atomic E-state index is 6.04. The van der Waals surface area contributed by atoms with Crippen molar-refractivity contribution in [3.05, 3.63) is 29.8 Å². The van der Waals surface area contributed by atoms with E-state index in [0.717, 1.165) is 16.9 Å². The SMILES string of the molecule is NCC(N)S1=CC=C2N=Nc3cccc1c32. The van der Waals surface area contributed by atoms with Crippen LogP contribution in [0, 0.1) is 0 Å². The normalized spacial score (nSPS) is 22.4. The molecule has 0 radical (unpaired) electrons. The Bertz CT molecular complexity index is 545. The van der Waals surface area contributed by atoms with Crippen LogP contribution < -0.4 is 11.5 Å². The molecule has 2 aliphatic rings. The highest BCUT2D eigenvalue weighted by Crippen LogP contribution is 2.46. The van der Waals surface area contributed by atoms with Crippen LogP contribution >= 0.6 is 10.5 Å². The number of benzene rings is 1. The molecule has 3 rings (SSSR count). The zero-order chi connectivity index (χ0) is 11.1. The maximum Gasteiger partial charge on any atom is 0.0967 e.